The molecule has 0 bridgehead atoms. The highest BCUT2D eigenvalue weighted by molar-refractivity contribution is 5.68. The first-order chi connectivity index (χ1) is 14.4. The monoisotopic (exact) mass is 430 g/mol. The number of H-pyrrole nitrogens is 1. The molecule has 2 fully saturated rings. The molecule has 7 N–H and O–H groups in total. The Bertz CT molecular complexity index is 934. The van der Waals surface area contributed by atoms with Crippen LogP contribution in [0.15, 0.2) is 17.4 Å². The van der Waals surface area contributed by atoms with Gasteiger partial charge in [0.1, 0.15) is 42.7 Å². The standard InChI is InChI=1S/C16H22N4O10/c21-1-5-8(23)9(24)10(25)16(29-5)30-12-6(2-22)28-15(11(12)26)20-4-19-7-13(20)17-3-18-14(7)27/h3-6,8-12,15-16,21-26H,1-2H2,(H,17,18,27). The second-order valence-corrected chi connectivity index (χ2v) is 7.09. The number of aromatic nitrogens is 4. The number of aromatic amines is 1. The molecule has 9 atom stereocenters. The Hall–Kier alpha value is -2.01. The van der Waals surface area contributed by atoms with Crippen molar-refractivity contribution in [3.63, 3.8) is 0 Å². The third kappa shape index (κ3) is 3.41. The molecule has 0 amide bonds. The fourth-order valence-corrected chi connectivity index (χ4v) is 3.65. The van der Waals surface area contributed by atoms with Crippen LogP contribution in [0.25, 0.3) is 11.2 Å². The van der Waals surface area contributed by atoms with Gasteiger partial charge in [-0.1, -0.05) is 0 Å². The maximum Gasteiger partial charge on any atom is 0.278 e. The number of imidazole rings is 1. The number of hydrogen-bond acceptors (Lipinski definition) is 12. The summed E-state index contributed by atoms with van der Waals surface area (Å²) >= 11 is 0. The van der Waals surface area contributed by atoms with Gasteiger partial charge in [0.15, 0.2) is 23.7 Å². The molecular formula is C16H22N4O10. The van der Waals surface area contributed by atoms with E-state index in [1.807, 2.05) is 0 Å². The molecule has 0 aromatic carbocycles. The van der Waals surface area contributed by atoms with Gasteiger partial charge in [-0.2, -0.15) is 0 Å². The van der Waals surface area contributed by atoms with Crippen molar-refractivity contribution in [2.24, 2.45) is 0 Å². The van der Waals surface area contributed by atoms with Gasteiger partial charge >= 0.3 is 0 Å². The van der Waals surface area contributed by atoms with E-state index in [1.54, 1.807) is 0 Å². The molecule has 2 aliphatic heterocycles. The Kier molecular flexibility index (Phi) is 5.84. The maximum atomic E-state index is 11.8. The van der Waals surface area contributed by atoms with E-state index in [0.29, 0.717) is 0 Å². The summed E-state index contributed by atoms with van der Waals surface area (Å²) < 4.78 is 17.8. The Morgan fingerprint density at radius 1 is 1.00 bits per heavy atom. The Labute approximate surface area is 167 Å². The molecule has 14 heteroatoms. The molecule has 2 aromatic rings. The van der Waals surface area contributed by atoms with Crippen LogP contribution in [0.1, 0.15) is 6.23 Å². The summed E-state index contributed by atoms with van der Waals surface area (Å²) in [5.74, 6) is 0. The third-order valence-electron chi connectivity index (χ3n) is 5.27. The van der Waals surface area contributed by atoms with Gasteiger partial charge in [-0.15, -0.1) is 0 Å². The predicted octanol–water partition coefficient (Wildman–Crippen LogP) is -4.44. The number of fused-ring (bicyclic) bond motifs is 1. The number of hydrogen-bond donors (Lipinski definition) is 7. The highest BCUT2D eigenvalue weighted by Crippen LogP contribution is 2.35. The summed E-state index contributed by atoms with van der Waals surface area (Å²) in [4.78, 5) is 22.2. The minimum Gasteiger partial charge on any atom is -0.394 e. The first-order valence-corrected chi connectivity index (χ1v) is 9.18. The average molecular weight is 430 g/mol. The molecule has 0 saturated carbocycles. The number of aliphatic hydroxyl groups is 6. The van der Waals surface area contributed by atoms with Crippen molar-refractivity contribution >= 4 is 11.2 Å². The van der Waals surface area contributed by atoms with Crippen molar-refractivity contribution in [2.45, 2.75) is 55.2 Å². The van der Waals surface area contributed by atoms with E-state index in [0.717, 1.165) is 6.33 Å². The van der Waals surface area contributed by atoms with E-state index in [1.165, 1.54) is 10.9 Å². The molecule has 4 heterocycles. The highest BCUT2D eigenvalue weighted by atomic mass is 16.7. The summed E-state index contributed by atoms with van der Waals surface area (Å²) in [7, 11) is 0. The largest absolute Gasteiger partial charge is 0.394 e. The van der Waals surface area contributed by atoms with E-state index in [4.69, 9.17) is 14.2 Å². The highest BCUT2D eigenvalue weighted by Gasteiger charge is 2.51. The zero-order chi connectivity index (χ0) is 21.6. The second-order valence-electron chi connectivity index (χ2n) is 7.09. The van der Waals surface area contributed by atoms with Crippen LogP contribution < -0.4 is 5.56 Å². The van der Waals surface area contributed by atoms with Crippen molar-refractivity contribution in [1.29, 1.82) is 0 Å². The summed E-state index contributed by atoms with van der Waals surface area (Å²) in [6.45, 7) is -1.22. The van der Waals surface area contributed by atoms with Crippen molar-refractivity contribution < 1.29 is 44.8 Å². The fourth-order valence-electron chi connectivity index (χ4n) is 3.65. The van der Waals surface area contributed by atoms with Crippen LogP contribution in [0.2, 0.25) is 0 Å². The topological polar surface area (TPSA) is 213 Å². The molecular weight excluding hydrogens is 408 g/mol. The Morgan fingerprint density at radius 2 is 1.73 bits per heavy atom. The lowest BCUT2D eigenvalue weighted by molar-refractivity contribution is -0.318. The van der Waals surface area contributed by atoms with Crippen molar-refractivity contribution in [2.75, 3.05) is 13.2 Å². The van der Waals surface area contributed by atoms with Crippen LogP contribution in [0, 0.1) is 0 Å². The van der Waals surface area contributed by atoms with Gasteiger partial charge in [0.25, 0.3) is 5.56 Å². The first kappa shape index (κ1) is 21.2. The van der Waals surface area contributed by atoms with Gasteiger partial charge in [-0.3, -0.25) is 9.36 Å². The lowest BCUT2D eigenvalue weighted by Gasteiger charge is -2.41. The van der Waals surface area contributed by atoms with Gasteiger partial charge in [0.05, 0.1) is 25.9 Å². The Balaban J connectivity index is 1.58. The minimum absolute atomic E-state index is 0.0205. The molecule has 14 nitrogen and oxygen atoms in total. The quantitative estimate of drug-likeness (QED) is 0.239. The summed E-state index contributed by atoms with van der Waals surface area (Å²) in [5, 5.41) is 59.7. The molecule has 4 rings (SSSR count). The van der Waals surface area contributed by atoms with Crippen LogP contribution in [-0.4, -0.2) is 112 Å². The van der Waals surface area contributed by atoms with E-state index in [2.05, 4.69) is 15.0 Å². The van der Waals surface area contributed by atoms with Gasteiger partial charge in [-0.05, 0) is 0 Å². The molecule has 0 spiro atoms. The normalized spacial score (nSPS) is 39.6. The zero-order valence-electron chi connectivity index (χ0n) is 15.4. The number of aliphatic hydroxyl groups excluding tert-OH is 6. The van der Waals surface area contributed by atoms with E-state index in [9.17, 15) is 35.4 Å². The van der Waals surface area contributed by atoms with Gasteiger partial charge in [0.2, 0.25) is 0 Å². The number of ether oxygens (including phenoxy) is 3. The maximum absolute atomic E-state index is 11.8. The van der Waals surface area contributed by atoms with E-state index < -0.39 is 74.0 Å². The zero-order valence-corrected chi connectivity index (χ0v) is 15.4. The summed E-state index contributed by atoms with van der Waals surface area (Å²) in [6, 6.07) is 0. The first-order valence-electron chi connectivity index (χ1n) is 9.18. The van der Waals surface area contributed by atoms with Crippen LogP contribution >= 0.6 is 0 Å². The Morgan fingerprint density at radius 3 is 2.43 bits per heavy atom. The smallest absolute Gasteiger partial charge is 0.278 e. The van der Waals surface area contributed by atoms with Crippen molar-refractivity contribution in [3.05, 3.63) is 23.0 Å². The molecule has 0 radical (unpaired) electrons. The SMILES string of the molecule is O=c1[nH]cnc2c1ncn2C1OC(CO)C(OC2OC(CO)C(O)C(O)C2O)C1O. The summed E-state index contributed by atoms with van der Waals surface area (Å²) in [5.41, 5.74) is -0.334. The van der Waals surface area contributed by atoms with Gasteiger partial charge in [-0.25, -0.2) is 9.97 Å². The van der Waals surface area contributed by atoms with E-state index >= 15 is 0 Å². The number of nitrogens with zero attached hydrogens (tertiary/aromatic N) is 3. The third-order valence-corrected chi connectivity index (χ3v) is 5.27. The van der Waals surface area contributed by atoms with Crippen LogP contribution in [0.5, 0.6) is 0 Å². The lowest BCUT2D eigenvalue weighted by atomic mass is 9.99. The van der Waals surface area contributed by atoms with E-state index in [-0.39, 0.29) is 11.2 Å². The second kappa shape index (κ2) is 8.26. The summed E-state index contributed by atoms with van der Waals surface area (Å²) in [6.07, 6.45) is -10.1. The molecule has 0 aliphatic carbocycles. The molecule has 166 valence electrons. The van der Waals surface area contributed by atoms with Gasteiger partial charge < -0.3 is 49.8 Å². The minimum atomic E-state index is -1.69. The molecule has 9 unspecified atom stereocenters. The number of rotatable bonds is 5. The lowest BCUT2D eigenvalue weighted by Crippen LogP contribution is -2.60. The van der Waals surface area contributed by atoms with Crippen LogP contribution in [0.4, 0.5) is 0 Å². The van der Waals surface area contributed by atoms with Crippen molar-refractivity contribution in [3.8, 4) is 0 Å². The average Bonchev–Trinajstić information content (AvgIpc) is 3.30. The molecule has 2 saturated heterocycles. The molecule has 2 aromatic heterocycles. The van der Waals surface area contributed by atoms with Crippen molar-refractivity contribution in [1.82, 2.24) is 19.5 Å². The molecule has 30 heavy (non-hydrogen) atoms. The molecule has 2 aliphatic rings. The fraction of sp³-hybridized carbons (Fsp3) is 0.688. The van der Waals surface area contributed by atoms with Crippen LogP contribution in [-0.2, 0) is 14.2 Å². The van der Waals surface area contributed by atoms with Gasteiger partial charge in [0, 0.05) is 0 Å². The van der Waals surface area contributed by atoms with Crippen LogP contribution in [0.3, 0.4) is 0 Å². The predicted molar refractivity (Wildman–Crippen MR) is 93.8 cm³/mol. The number of nitrogens with one attached hydrogen (secondary N) is 1.